The molecule has 3 aromatic rings. The smallest absolute Gasteiger partial charge is 0.154 e. The van der Waals surface area contributed by atoms with E-state index in [9.17, 15) is 0 Å². The molecule has 134 valence electrons. The van der Waals surface area contributed by atoms with Crippen LogP contribution >= 0.6 is 0 Å². The molecular formula is C20H24N6. The maximum absolute atomic E-state index is 4.40. The van der Waals surface area contributed by atoms with Gasteiger partial charge in [0.25, 0.3) is 0 Å². The summed E-state index contributed by atoms with van der Waals surface area (Å²) in [7, 11) is 2.18. The highest BCUT2D eigenvalue weighted by molar-refractivity contribution is 5.84. The van der Waals surface area contributed by atoms with Crippen molar-refractivity contribution in [3.63, 3.8) is 0 Å². The molecule has 1 aliphatic heterocycles. The Bertz CT molecular complexity index is 850. The van der Waals surface area contributed by atoms with E-state index in [1.165, 1.54) is 11.3 Å². The standard InChI is InChI=1S/C20H24N6/c1-25-12-14-26(15-13-25)17-4-2-16(3-5-17)6-8-23-20-19-18(7-9-24-20)21-10-11-22-19/h2-5,7,9-11H,6,8,12-15H2,1H3,(H,23,24). The largest absolute Gasteiger partial charge is 0.369 e. The van der Waals surface area contributed by atoms with Gasteiger partial charge in [0.15, 0.2) is 5.82 Å². The summed E-state index contributed by atoms with van der Waals surface area (Å²) in [6.45, 7) is 5.28. The zero-order chi connectivity index (χ0) is 17.8. The van der Waals surface area contributed by atoms with E-state index < -0.39 is 0 Å². The van der Waals surface area contributed by atoms with Crippen molar-refractivity contribution in [2.24, 2.45) is 0 Å². The van der Waals surface area contributed by atoms with Crippen molar-refractivity contribution < 1.29 is 0 Å². The predicted octanol–water partition coefficient (Wildman–Crippen LogP) is 2.43. The second kappa shape index (κ2) is 7.66. The molecule has 1 saturated heterocycles. The third-order valence-electron chi connectivity index (χ3n) is 4.90. The number of nitrogens with one attached hydrogen (secondary N) is 1. The fraction of sp³-hybridized carbons (Fsp3) is 0.350. The molecule has 0 unspecified atom stereocenters. The van der Waals surface area contributed by atoms with Crippen LogP contribution in [0.3, 0.4) is 0 Å². The normalized spacial score (nSPS) is 15.3. The van der Waals surface area contributed by atoms with Gasteiger partial charge in [-0.1, -0.05) is 12.1 Å². The van der Waals surface area contributed by atoms with Gasteiger partial charge in [-0.3, -0.25) is 4.98 Å². The van der Waals surface area contributed by atoms with Gasteiger partial charge in [0, 0.05) is 57.0 Å². The summed E-state index contributed by atoms with van der Waals surface area (Å²) in [5, 5.41) is 3.39. The van der Waals surface area contributed by atoms with Crippen molar-refractivity contribution in [3.05, 3.63) is 54.5 Å². The Morgan fingerprint density at radius 2 is 1.65 bits per heavy atom. The third kappa shape index (κ3) is 3.75. The van der Waals surface area contributed by atoms with Crippen LogP contribution in [0.25, 0.3) is 11.0 Å². The third-order valence-corrected chi connectivity index (χ3v) is 4.90. The molecule has 6 nitrogen and oxygen atoms in total. The summed E-state index contributed by atoms with van der Waals surface area (Å²) >= 11 is 0. The molecule has 0 amide bonds. The lowest BCUT2D eigenvalue weighted by Gasteiger charge is -2.34. The predicted molar refractivity (Wildman–Crippen MR) is 106 cm³/mol. The van der Waals surface area contributed by atoms with E-state index in [-0.39, 0.29) is 0 Å². The number of piperazine rings is 1. The van der Waals surface area contributed by atoms with Crippen LogP contribution in [-0.4, -0.2) is 59.6 Å². The van der Waals surface area contributed by atoms with Crippen molar-refractivity contribution in [1.82, 2.24) is 19.9 Å². The van der Waals surface area contributed by atoms with Gasteiger partial charge in [-0.05, 0) is 37.2 Å². The first-order valence-electron chi connectivity index (χ1n) is 9.11. The molecule has 1 N–H and O–H groups in total. The number of hydrogen-bond acceptors (Lipinski definition) is 6. The first-order valence-corrected chi connectivity index (χ1v) is 9.11. The van der Waals surface area contributed by atoms with Crippen LogP contribution in [0.15, 0.2) is 48.9 Å². The fourth-order valence-corrected chi connectivity index (χ4v) is 3.29. The Morgan fingerprint density at radius 1 is 0.885 bits per heavy atom. The zero-order valence-corrected chi connectivity index (χ0v) is 15.1. The van der Waals surface area contributed by atoms with Crippen molar-refractivity contribution in [3.8, 4) is 0 Å². The average molecular weight is 348 g/mol. The van der Waals surface area contributed by atoms with E-state index in [2.05, 4.69) is 61.4 Å². The Labute approximate surface area is 153 Å². The van der Waals surface area contributed by atoms with Crippen LogP contribution in [0.5, 0.6) is 0 Å². The number of aromatic nitrogens is 3. The minimum absolute atomic E-state index is 0.796. The molecule has 2 aromatic heterocycles. The van der Waals surface area contributed by atoms with Crippen LogP contribution in [0.1, 0.15) is 5.56 Å². The number of hydrogen-bond donors (Lipinski definition) is 1. The SMILES string of the molecule is CN1CCN(c2ccc(CCNc3nccc4nccnc34)cc2)CC1. The highest BCUT2D eigenvalue weighted by Gasteiger charge is 2.13. The molecule has 0 saturated carbocycles. The van der Waals surface area contributed by atoms with Crippen molar-refractivity contribution in [1.29, 1.82) is 0 Å². The Morgan fingerprint density at radius 3 is 2.46 bits per heavy atom. The maximum Gasteiger partial charge on any atom is 0.154 e. The summed E-state index contributed by atoms with van der Waals surface area (Å²) in [6.07, 6.45) is 6.12. The van der Waals surface area contributed by atoms with E-state index in [1.54, 1.807) is 18.6 Å². The second-order valence-electron chi connectivity index (χ2n) is 6.72. The van der Waals surface area contributed by atoms with Gasteiger partial charge in [-0.2, -0.15) is 0 Å². The Kier molecular flexibility index (Phi) is 4.93. The number of likely N-dealkylation sites (N-methyl/N-ethyl adjacent to an activating group) is 1. The minimum Gasteiger partial charge on any atom is -0.369 e. The lowest BCUT2D eigenvalue weighted by molar-refractivity contribution is 0.313. The summed E-state index contributed by atoms with van der Waals surface area (Å²) in [5.41, 5.74) is 4.32. The summed E-state index contributed by atoms with van der Waals surface area (Å²) < 4.78 is 0. The van der Waals surface area contributed by atoms with Crippen molar-refractivity contribution in [2.75, 3.05) is 50.0 Å². The first-order chi connectivity index (χ1) is 12.8. The summed E-state index contributed by atoms with van der Waals surface area (Å²) in [5.74, 6) is 0.796. The number of fused-ring (bicyclic) bond motifs is 1. The molecule has 1 fully saturated rings. The molecular weight excluding hydrogens is 324 g/mol. The Hall–Kier alpha value is -2.73. The highest BCUT2D eigenvalue weighted by Crippen LogP contribution is 2.18. The van der Waals surface area contributed by atoms with E-state index in [4.69, 9.17) is 0 Å². The second-order valence-corrected chi connectivity index (χ2v) is 6.72. The molecule has 0 aliphatic carbocycles. The van der Waals surface area contributed by atoms with Crippen LogP contribution in [0, 0.1) is 0 Å². The average Bonchev–Trinajstić information content (AvgIpc) is 2.69. The molecule has 0 atom stereocenters. The van der Waals surface area contributed by atoms with E-state index in [1.807, 2.05) is 6.07 Å². The minimum atomic E-state index is 0.796. The van der Waals surface area contributed by atoms with Crippen molar-refractivity contribution in [2.45, 2.75) is 6.42 Å². The molecule has 26 heavy (non-hydrogen) atoms. The number of pyridine rings is 1. The molecule has 4 rings (SSSR count). The molecule has 1 aromatic carbocycles. The summed E-state index contributed by atoms with van der Waals surface area (Å²) in [6, 6.07) is 10.8. The number of rotatable bonds is 5. The fourth-order valence-electron chi connectivity index (χ4n) is 3.29. The Balaban J connectivity index is 1.35. The number of anilines is 2. The van der Waals surface area contributed by atoms with Crippen LogP contribution in [0.2, 0.25) is 0 Å². The van der Waals surface area contributed by atoms with Gasteiger partial charge in [0.05, 0.1) is 5.52 Å². The van der Waals surface area contributed by atoms with Crippen LogP contribution in [0.4, 0.5) is 11.5 Å². The monoisotopic (exact) mass is 348 g/mol. The number of benzene rings is 1. The lowest BCUT2D eigenvalue weighted by atomic mass is 10.1. The topological polar surface area (TPSA) is 57.2 Å². The maximum atomic E-state index is 4.40. The van der Waals surface area contributed by atoms with Gasteiger partial charge in [-0.25, -0.2) is 9.97 Å². The summed E-state index contributed by atoms with van der Waals surface area (Å²) in [4.78, 5) is 17.9. The van der Waals surface area contributed by atoms with E-state index >= 15 is 0 Å². The van der Waals surface area contributed by atoms with E-state index in [0.29, 0.717) is 0 Å². The number of nitrogens with zero attached hydrogens (tertiary/aromatic N) is 5. The molecule has 0 spiro atoms. The molecule has 3 heterocycles. The molecule has 1 aliphatic rings. The van der Waals surface area contributed by atoms with Crippen LogP contribution < -0.4 is 10.2 Å². The van der Waals surface area contributed by atoms with Gasteiger partial charge in [0.1, 0.15) is 5.52 Å². The van der Waals surface area contributed by atoms with E-state index in [0.717, 1.165) is 56.0 Å². The van der Waals surface area contributed by atoms with Gasteiger partial charge >= 0.3 is 0 Å². The van der Waals surface area contributed by atoms with Crippen LogP contribution in [-0.2, 0) is 6.42 Å². The highest BCUT2D eigenvalue weighted by atomic mass is 15.2. The lowest BCUT2D eigenvalue weighted by Crippen LogP contribution is -2.44. The molecule has 6 heteroatoms. The van der Waals surface area contributed by atoms with Gasteiger partial charge in [0.2, 0.25) is 0 Å². The van der Waals surface area contributed by atoms with Gasteiger partial charge in [-0.15, -0.1) is 0 Å². The van der Waals surface area contributed by atoms with Gasteiger partial charge < -0.3 is 15.1 Å². The quantitative estimate of drug-likeness (QED) is 0.764. The molecule has 0 radical (unpaired) electrons. The molecule has 0 bridgehead atoms. The zero-order valence-electron chi connectivity index (χ0n) is 15.1. The van der Waals surface area contributed by atoms with Crippen molar-refractivity contribution >= 4 is 22.5 Å². The first kappa shape index (κ1) is 16.7.